The van der Waals surface area contributed by atoms with Crippen molar-refractivity contribution in [3.8, 4) is 0 Å². The average molecular weight is 500 g/mol. The maximum Gasteiger partial charge on any atom is 3.00 e. The quantitative estimate of drug-likeness (QED) is 0.259. The minimum atomic E-state index is -2.34. The molecule has 0 bridgehead atoms. The first-order valence-electron chi connectivity index (χ1n) is 6.83. The monoisotopic (exact) mass is 498 g/mol. The zero-order chi connectivity index (χ0) is 14.5. The summed E-state index contributed by atoms with van der Waals surface area (Å²) in [6.07, 6.45) is 0. The molecule has 0 spiro atoms. The first-order chi connectivity index (χ1) is 10.4. The predicted octanol–water partition coefficient (Wildman–Crippen LogP) is -5.94. The van der Waals surface area contributed by atoms with E-state index in [1.165, 1.54) is 0 Å². The van der Waals surface area contributed by atoms with Crippen molar-refractivity contribution in [1.82, 2.24) is 0 Å². The molecule has 0 heterocycles. The van der Waals surface area contributed by atoms with Crippen molar-refractivity contribution in [2.75, 3.05) is 0 Å². The molecule has 0 unspecified atom stereocenters. The molecule has 0 aliphatic heterocycles. The van der Waals surface area contributed by atoms with Crippen LogP contribution >= 0.6 is 6.89 Å². The van der Waals surface area contributed by atoms with E-state index in [0.717, 1.165) is 15.9 Å². The Kier molecular flexibility index (Phi) is 13.2. The van der Waals surface area contributed by atoms with E-state index in [0.29, 0.717) is 0 Å². The Hall–Kier alpha value is -0.837. The molecule has 0 aliphatic rings. The standard InChI is InChI=1S/C19H15OP.3ClH.Rh/c20-16-21(17-10-4-1-5-11-17,18-12-6-2-7-13-18)19-14-8-3-9-15-19;;;;/h1-15H;3*1H;/q;;;;+3/p-3. The van der Waals surface area contributed by atoms with Crippen LogP contribution in [0.4, 0.5) is 0 Å². The molecular formula is C19H15Cl3OPRh. The first kappa shape index (κ1) is 26.4. The van der Waals surface area contributed by atoms with Gasteiger partial charge in [0.25, 0.3) is 0 Å². The van der Waals surface area contributed by atoms with E-state index in [-0.39, 0.29) is 56.7 Å². The van der Waals surface area contributed by atoms with Crippen LogP contribution < -0.4 is 53.1 Å². The molecule has 3 rings (SSSR count). The third-order valence-corrected chi connectivity index (χ3v) is 7.06. The molecule has 0 saturated heterocycles. The third-order valence-electron chi connectivity index (χ3n) is 3.57. The van der Waals surface area contributed by atoms with Gasteiger partial charge in [-0.05, 0) is 15.9 Å². The molecule has 3 aromatic rings. The number of carbonyl (C=O) groups excluding carboxylic acids is 1. The Labute approximate surface area is 180 Å². The van der Waals surface area contributed by atoms with Gasteiger partial charge in [0.1, 0.15) is 5.66 Å². The smallest absolute Gasteiger partial charge is 1.00 e. The Morgan fingerprint density at radius 1 is 0.520 bits per heavy atom. The van der Waals surface area contributed by atoms with Crippen LogP contribution in [-0.2, 0) is 24.3 Å². The van der Waals surface area contributed by atoms with E-state index in [1.807, 2.05) is 91.0 Å². The number of hydrogen-bond donors (Lipinski definition) is 0. The first-order valence-corrected chi connectivity index (χ1v) is 8.62. The van der Waals surface area contributed by atoms with Gasteiger partial charge in [-0.25, -0.2) is 4.79 Å². The van der Waals surface area contributed by atoms with Gasteiger partial charge < -0.3 is 37.2 Å². The molecule has 0 atom stereocenters. The van der Waals surface area contributed by atoms with Crippen molar-refractivity contribution in [2.24, 2.45) is 0 Å². The van der Waals surface area contributed by atoms with Crippen LogP contribution in [0.25, 0.3) is 0 Å². The molecule has 0 fully saturated rings. The Bertz CT molecular complexity index is 704. The van der Waals surface area contributed by atoms with Crippen LogP contribution in [0.15, 0.2) is 91.0 Å². The van der Waals surface area contributed by atoms with Crippen molar-refractivity contribution in [2.45, 2.75) is 0 Å². The maximum absolute atomic E-state index is 12.2. The van der Waals surface area contributed by atoms with Gasteiger partial charge in [0, 0.05) is 0 Å². The Morgan fingerprint density at radius 3 is 0.960 bits per heavy atom. The predicted molar refractivity (Wildman–Crippen MR) is 90.8 cm³/mol. The fraction of sp³-hybridized carbons (Fsp3) is 0. The van der Waals surface area contributed by atoms with Gasteiger partial charge in [-0.2, -0.15) is 0 Å². The van der Waals surface area contributed by atoms with Gasteiger partial charge in [0.05, 0.1) is 6.89 Å². The van der Waals surface area contributed by atoms with Crippen LogP contribution in [0.2, 0.25) is 0 Å². The van der Waals surface area contributed by atoms with Gasteiger partial charge in [-0.3, -0.25) is 0 Å². The normalized spacial score (nSPS) is 9.12. The zero-order valence-electron chi connectivity index (χ0n) is 13.0. The molecule has 0 aromatic heterocycles. The van der Waals surface area contributed by atoms with Crippen LogP contribution in [0.3, 0.4) is 0 Å². The molecule has 3 aromatic carbocycles. The molecule has 6 heteroatoms. The summed E-state index contributed by atoms with van der Waals surface area (Å²) in [5, 5.41) is 3.12. The second kappa shape index (κ2) is 12.5. The Morgan fingerprint density at radius 2 is 0.760 bits per heavy atom. The van der Waals surface area contributed by atoms with E-state index in [1.54, 1.807) is 0 Å². The minimum Gasteiger partial charge on any atom is -1.00 e. The molecule has 0 saturated carbocycles. The fourth-order valence-electron chi connectivity index (χ4n) is 2.56. The molecule has 132 valence electrons. The van der Waals surface area contributed by atoms with E-state index < -0.39 is 6.89 Å². The SMILES string of the molecule is O=C=P(c1ccccc1)(c1ccccc1)c1ccccc1.[Cl-].[Cl-].[Cl-].[Rh+3]. The van der Waals surface area contributed by atoms with Gasteiger partial charge in [0.15, 0.2) is 0 Å². The van der Waals surface area contributed by atoms with Crippen molar-refractivity contribution >= 4 is 28.5 Å². The van der Waals surface area contributed by atoms with E-state index in [4.69, 9.17) is 0 Å². The van der Waals surface area contributed by atoms with Gasteiger partial charge in [-0.15, -0.1) is 0 Å². The minimum absolute atomic E-state index is 0. The van der Waals surface area contributed by atoms with Crippen LogP contribution in [0.5, 0.6) is 0 Å². The number of benzene rings is 3. The number of rotatable bonds is 3. The summed E-state index contributed by atoms with van der Waals surface area (Å²) in [5.74, 6) is 0. The van der Waals surface area contributed by atoms with E-state index in [2.05, 4.69) is 5.66 Å². The summed E-state index contributed by atoms with van der Waals surface area (Å²) in [5.41, 5.74) is 2.43. The van der Waals surface area contributed by atoms with Gasteiger partial charge >= 0.3 is 19.5 Å². The van der Waals surface area contributed by atoms with Gasteiger partial charge in [0.2, 0.25) is 0 Å². The number of hydrogen-bond acceptors (Lipinski definition) is 1. The third kappa shape index (κ3) is 5.32. The summed E-state index contributed by atoms with van der Waals surface area (Å²) in [6.45, 7) is -2.34. The zero-order valence-corrected chi connectivity index (χ0v) is 17.8. The molecule has 25 heavy (non-hydrogen) atoms. The molecule has 1 nitrogen and oxygen atoms in total. The maximum atomic E-state index is 12.2. The molecule has 0 radical (unpaired) electrons. The fourth-order valence-corrected chi connectivity index (χ4v) is 5.63. The largest absolute Gasteiger partial charge is 3.00 e. The van der Waals surface area contributed by atoms with Crippen LogP contribution in [0.1, 0.15) is 0 Å². The molecular weight excluding hydrogens is 484 g/mol. The second-order valence-electron chi connectivity index (χ2n) is 4.77. The summed E-state index contributed by atoms with van der Waals surface area (Å²) >= 11 is 0. The average Bonchev–Trinajstić information content (AvgIpc) is 2.59. The van der Waals surface area contributed by atoms with Crippen molar-refractivity contribution < 1.29 is 61.5 Å². The molecule has 0 aliphatic carbocycles. The van der Waals surface area contributed by atoms with Crippen LogP contribution in [-0.4, -0.2) is 5.66 Å². The van der Waals surface area contributed by atoms with Crippen molar-refractivity contribution in [1.29, 1.82) is 0 Å². The summed E-state index contributed by atoms with van der Waals surface area (Å²) < 4.78 is 0. The van der Waals surface area contributed by atoms with Gasteiger partial charge in [-0.1, -0.05) is 91.0 Å². The summed E-state index contributed by atoms with van der Waals surface area (Å²) in [4.78, 5) is 12.2. The Balaban J connectivity index is 0. The summed E-state index contributed by atoms with van der Waals surface area (Å²) in [6, 6.07) is 29.9. The van der Waals surface area contributed by atoms with Crippen LogP contribution in [0, 0.1) is 0 Å². The van der Waals surface area contributed by atoms with E-state index in [9.17, 15) is 4.79 Å². The van der Waals surface area contributed by atoms with Crippen molar-refractivity contribution in [3.63, 3.8) is 0 Å². The second-order valence-corrected chi connectivity index (χ2v) is 7.84. The molecule has 0 amide bonds. The number of halogens is 3. The summed E-state index contributed by atoms with van der Waals surface area (Å²) in [7, 11) is 0. The molecule has 0 N–H and O–H groups in total. The topological polar surface area (TPSA) is 17.1 Å². The van der Waals surface area contributed by atoms with Crippen molar-refractivity contribution in [3.05, 3.63) is 91.0 Å². The van der Waals surface area contributed by atoms with E-state index >= 15 is 0 Å².